The Bertz CT molecular complexity index is 294. The first kappa shape index (κ1) is 13.5. The van der Waals surface area contributed by atoms with Crippen molar-refractivity contribution in [2.45, 2.75) is 32.2 Å². The van der Waals surface area contributed by atoms with Crippen molar-refractivity contribution >= 4 is 18.2 Å². The first-order valence-electron chi connectivity index (χ1n) is 5.87. The average molecular weight is 241 g/mol. The molecule has 0 aromatic carbocycles. The lowest BCUT2D eigenvalue weighted by Gasteiger charge is -2.24. The van der Waals surface area contributed by atoms with Gasteiger partial charge in [0.25, 0.3) is 0 Å². The van der Waals surface area contributed by atoms with Gasteiger partial charge in [-0.2, -0.15) is 0 Å². The van der Waals surface area contributed by atoms with Crippen LogP contribution >= 0.6 is 0 Å². The molecule has 1 saturated heterocycles. The van der Waals surface area contributed by atoms with Gasteiger partial charge >= 0.3 is 0 Å². The summed E-state index contributed by atoms with van der Waals surface area (Å²) in [7, 11) is 0. The summed E-state index contributed by atoms with van der Waals surface area (Å²) < 4.78 is 0. The van der Waals surface area contributed by atoms with Crippen LogP contribution in [0.5, 0.6) is 0 Å². The molecule has 0 bridgehead atoms. The van der Waals surface area contributed by atoms with Crippen LogP contribution in [0.1, 0.15) is 26.2 Å². The zero-order chi connectivity index (χ0) is 12.7. The maximum Gasteiger partial charge on any atom is 0.239 e. The van der Waals surface area contributed by atoms with Crippen LogP contribution in [-0.2, 0) is 14.4 Å². The van der Waals surface area contributed by atoms with Gasteiger partial charge in [0, 0.05) is 18.5 Å². The molecular formula is C11H19N3O3. The molecule has 1 rings (SSSR count). The third-order valence-electron chi connectivity index (χ3n) is 2.79. The zero-order valence-electron chi connectivity index (χ0n) is 9.99. The predicted molar refractivity (Wildman–Crippen MR) is 62.0 cm³/mol. The highest BCUT2D eigenvalue weighted by atomic mass is 16.2. The Morgan fingerprint density at radius 1 is 1.65 bits per heavy atom. The number of carbonyl (C=O) groups is 3. The van der Waals surface area contributed by atoms with E-state index in [-0.39, 0.29) is 30.3 Å². The van der Waals surface area contributed by atoms with Gasteiger partial charge in [-0.3, -0.25) is 14.4 Å². The summed E-state index contributed by atoms with van der Waals surface area (Å²) in [4.78, 5) is 32.8. The minimum Gasteiger partial charge on any atom is -0.356 e. The predicted octanol–water partition coefficient (Wildman–Crippen LogP) is -0.847. The number of amides is 3. The topological polar surface area (TPSA) is 87.3 Å². The van der Waals surface area contributed by atoms with Gasteiger partial charge in [-0.1, -0.05) is 0 Å². The minimum atomic E-state index is -0.235. The lowest BCUT2D eigenvalue weighted by Crippen LogP contribution is -2.43. The summed E-state index contributed by atoms with van der Waals surface area (Å²) in [6, 6.07) is -0.0650. The van der Waals surface area contributed by atoms with Gasteiger partial charge in [0.15, 0.2) is 0 Å². The van der Waals surface area contributed by atoms with Crippen molar-refractivity contribution in [3.8, 4) is 0 Å². The van der Waals surface area contributed by atoms with E-state index in [0.717, 1.165) is 19.4 Å². The fourth-order valence-corrected chi connectivity index (χ4v) is 2.01. The Morgan fingerprint density at radius 2 is 2.41 bits per heavy atom. The van der Waals surface area contributed by atoms with Crippen molar-refractivity contribution in [2.24, 2.45) is 5.92 Å². The Morgan fingerprint density at radius 3 is 3.06 bits per heavy atom. The molecule has 0 aromatic heterocycles. The molecule has 6 heteroatoms. The van der Waals surface area contributed by atoms with Crippen LogP contribution in [0, 0.1) is 5.92 Å². The number of hydrogen-bond acceptors (Lipinski definition) is 3. The van der Waals surface area contributed by atoms with Gasteiger partial charge in [0.2, 0.25) is 18.2 Å². The molecule has 1 unspecified atom stereocenters. The number of hydrogen-bond donors (Lipinski definition) is 3. The molecule has 1 heterocycles. The maximum absolute atomic E-state index is 11.5. The third kappa shape index (κ3) is 4.84. The van der Waals surface area contributed by atoms with E-state index < -0.39 is 0 Å². The van der Waals surface area contributed by atoms with E-state index in [1.807, 2.05) is 6.92 Å². The standard InChI is InChI=1S/C11H19N3O3/c1-8(14-10(16)6-12-7-15)5-9-3-2-4-13-11(9)17/h7-9H,2-6H2,1H3,(H,12,15)(H,13,17)(H,14,16)/t8-,9?/m1/s1. The van der Waals surface area contributed by atoms with Crippen molar-refractivity contribution in [2.75, 3.05) is 13.1 Å². The Kier molecular flexibility index (Phi) is 5.45. The number of nitrogens with one attached hydrogen (secondary N) is 3. The fraction of sp³-hybridized carbons (Fsp3) is 0.727. The van der Waals surface area contributed by atoms with Crippen LogP contribution in [0.15, 0.2) is 0 Å². The first-order chi connectivity index (χ1) is 8.13. The Hall–Kier alpha value is -1.59. The lowest BCUT2D eigenvalue weighted by molar-refractivity contribution is -0.128. The van der Waals surface area contributed by atoms with Gasteiger partial charge in [-0.05, 0) is 26.2 Å². The van der Waals surface area contributed by atoms with Gasteiger partial charge in [-0.25, -0.2) is 0 Å². The molecule has 96 valence electrons. The van der Waals surface area contributed by atoms with Crippen LogP contribution in [0.25, 0.3) is 0 Å². The highest BCUT2D eigenvalue weighted by Gasteiger charge is 2.24. The summed E-state index contributed by atoms with van der Waals surface area (Å²) in [5.41, 5.74) is 0. The normalized spacial score (nSPS) is 21.2. The first-order valence-corrected chi connectivity index (χ1v) is 5.87. The molecule has 1 aliphatic heterocycles. The monoisotopic (exact) mass is 241 g/mol. The largest absolute Gasteiger partial charge is 0.356 e. The van der Waals surface area contributed by atoms with Crippen LogP contribution in [0.3, 0.4) is 0 Å². The van der Waals surface area contributed by atoms with E-state index in [0.29, 0.717) is 12.8 Å². The molecule has 1 aliphatic rings. The minimum absolute atomic E-state index is 0.0157. The van der Waals surface area contributed by atoms with Crippen molar-refractivity contribution in [1.82, 2.24) is 16.0 Å². The summed E-state index contributed by atoms with van der Waals surface area (Å²) in [6.07, 6.45) is 2.99. The van der Waals surface area contributed by atoms with E-state index in [1.165, 1.54) is 0 Å². The molecule has 0 aliphatic carbocycles. The third-order valence-corrected chi connectivity index (χ3v) is 2.79. The van der Waals surface area contributed by atoms with E-state index >= 15 is 0 Å². The SMILES string of the molecule is C[C@H](CC1CCCNC1=O)NC(=O)CNC=O. The molecule has 1 fully saturated rings. The molecule has 17 heavy (non-hydrogen) atoms. The average Bonchev–Trinajstić information content (AvgIpc) is 2.29. The van der Waals surface area contributed by atoms with Crippen molar-refractivity contribution in [1.29, 1.82) is 0 Å². The van der Waals surface area contributed by atoms with Crippen LogP contribution in [0.2, 0.25) is 0 Å². The summed E-state index contributed by atoms with van der Waals surface area (Å²) in [5.74, 6) is -0.178. The fourth-order valence-electron chi connectivity index (χ4n) is 2.01. The van der Waals surface area contributed by atoms with Crippen LogP contribution in [-0.4, -0.2) is 37.4 Å². The van der Waals surface area contributed by atoms with Gasteiger partial charge in [0.1, 0.15) is 0 Å². The molecule has 2 atom stereocenters. The van der Waals surface area contributed by atoms with E-state index in [1.54, 1.807) is 0 Å². The van der Waals surface area contributed by atoms with E-state index in [9.17, 15) is 14.4 Å². The van der Waals surface area contributed by atoms with Crippen LogP contribution < -0.4 is 16.0 Å². The molecule has 3 amide bonds. The highest BCUT2D eigenvalue weighted by molar-refractivity contribution is 5.81. The smallest absolute Gasteiger partial charge is 0.239 e. The van der Waals surface area contributed by atoms with Gasteiger partial charge in [0.05, 0.1) is 6.54 Å². The molecule has 6 nitrogen and oxygen atoms in total. The molecule has 0 spiro atoms. The lowest BCUT2D eigenvalue weighted by atomic mass is 9.92. The summed E-state index contributed by atoms with van der Waals surface area (Å²) in [5, 5.41) is 7.85. The molecule has 0 aromatic rings. The summed E-state index contributed by atoms with van der Waals surface area (Å²) in [6.45, 7) is 2.59. The van der Waals surface area contributed by atoms with Gasteiger partial charge < -0.3 is 16.0 Å². The van der Waals surface area contributed by atoms with E-state index in [4.69, 9.17) is 0 Å². The highest BCUT2D eigenvalue weighted by Crippen LogP contribution is 2.17. The maximum atomic E-state index is 11.5. The second kappa shape index (κ2) is 6.88. The second-order valence-corrected chi connectivity index (χ2v) is 4.33. The molecule has 3 N–H and O–H groups in total. The number of carbonyl (C=O) groups excluding carboxylic acids is 3. The zero-order valence-corrected chi connectivity index (χ0v) is 9.99. The Labute approximate surface area is 101 Å². The number of piperidine rings is 1. The van der Waals surface area contributed by atoms with Gasteiger partial charge in [-0.15, -0.1) is 0 Å². The Balaban J connectivity index is 2.27. The molecule has 0 saturated carbocycles. The summed E-state index contributed by atoms with van der Waals surface area (Å²) >= 11 is 0. The molecule has 0 radical (unpaired) electrons. The molecular weight excluding hydrogens is 222 g/mol. The van der Waals surface area contributed by atoms with Crippen molar-refractivity contribution in [3.63, 3.8) is 0 Å². The van der Waals surface area contributed by atoms with Crippen molar-refractivity contribution in [3.05, 3.63) is 0 Å². The van der Waals surface area contributed by atoms with Crippen molar-refractivity contribution < 1.29 is 14.4 Å². The van der Waals surface area contributed by atoms with Crippen LogP contribution in [0.4, 0.5) is 0 Å². The van der Waals surface area contributed by atoms with E-state index in [2.05, 4.69) is 16.0 Å². The second-order valence-electron chi connectivity index (χ2n) is 4.33. The quantitative estimate of drug-likeness (QED) is 0.529. The number of rotatable bonds is 6.